The number of nitrogens with one attached hydrogen (secondary N) is 2. The molecule has 1 aromatic rings. The third kappa shape index (κ3) is 6.35. The Balaban J connectivity index is 1.40. The molecule has 8 nitrogen and oxygen atoms in total. The van der Waals surface area contributed by atoms with Crippen LogP contribution in [0.5, 0.6) is 0 Å². The summed E-state index contributed by atoms with van der Waals surface area (Å²) in [5, 5.41) is 14.1. The molecular formula is C33H29F5N4O4. The Bertz CT molecular complexity index is 1710. The Labute approximate surface area is 260 Å². The van der Waals surface area contributed by atoms with Crippen molar-refractivity contribution < 1.29 is 41.4 Å². The number of halogens is 5. The molecule has 2 unspecified atom stereocenters. The number of rotatable bonds is 8. The molecule has 0 saturated carbocycles. The molecular weight excluding hydrogens is 611 g/mol. The van der Waals surface area contributed by atoms with E-state index in [1.807, 2.05) is 17.5 Å². The Kier molecular flexibility index (Phi) is 8.95. The van der Waals surface area contributed by atoms with Crippen LogP contribution in [0.3, 0.4) is 0 Å². The van der Waals surface area contributed by atoms with Gasteiger partial charge in [-0.3, -0.25) is 14.6 Å². The summed E-state index contributed by atoms with van der Waals surface area (Å²) in [5.41, 5.74) is 1.46. The van der Waals surface area contributed by atoms with Gasteiger partial charge in [0.15, 0.2) is 0 Å². The molecule has 0 aromatic heterocycles. The topological polar surface area (TPSA) is 111 Å². The van der Waals surface area contributed by atoms with E-state index in [9.17, 15) is 41.4 Å². The maximum atomic E-state index is 14.9. The number of anilines is 1. The molecule has 0 fully saturated rings. The number of carboxylic acid groups (broad SMARTS) is 1. The fourth-order valence-corrected chi connectivity index (χ4v) is 5.77. The average molecular weight is 641 g/mol. The van der Waals surface area contributed by atoms with Crippen LogP contribution in [0.25, 0.3) is 0 Å². The molecule has 13 heteroatoms. The van der Waals surface area contributed by atoms with Gasteiger partial charge in [0.25, 0.3) is 11.8 Å². The lowest BCUT2D eigenvalue weighted by atomic mass is 9.76. The third-order valence-corrected chi connectivity index (χ3v) is 8.15. The minimum Gasteiger partial charge on any atom is -0.480 e. The van der Waals surface area contributed by atoms with Gasteiger partial charge < -0.3 is 20.6 Å². The van der Waals surface area contributed by atoms with Gasteiger partial charge in [-0.25, -0.2) is 13.6 Å². The van der Waals surface area contributed by atoms with Gasteiger partial charge in [-0.1, -0.05) is 43.4 Å². The molecule has 4 aliphatic rings. The monoisotopic (exact) mass is 640 g/mol. The zero-order chi connectivity index (χ0) is 33.3. The van der Waals surface area contributed by atoms with E-state index in [1.54, 1.807) is 60.8 Å². The number of amides is 2. The summed E-state index contributed by atoms with van der Waals surface area (Å²) in [6.45, 7) is 1.24. The maximum Gasteiger partial charge on any atom is 0.408 e. The minimum atomic E-state index is -4.68. The van der Waals surface area contributed by atoms with E-state index in [0.717, 1.165) is 5.57 Å². The lowest BCUT2D eigenvalue weighted by Gasteiger charge is -2.35. The van der Waals surface area contributed by atoms with Crippen LogP contribution in [0.2, 0.25) is 0 Å². The van der Waals surface area contributed by atoms with E-state index in [-0.39, 0.29) is 18.4 Å². The van der Waals surface area contributed by atoms with Gasteiger partial charge in [-0.15, -0.1) is 0 Å². The number of allylic oxidation sites excluding steroid dienone is 8. The van der Waals surface area contributed by atoms with Crippen LogP contribution in [0.1, 0.15) is 30.1 Å². The summed E-state index contributed by atoms with van der Waals surface area (Å²) < 4.78 is 69.1. The fourth-order valence-electron chi connectivity index (χ4n) is 5.77. The lowest BCUT2D eigenvalue weighted by molar-refractivity contribution is -0.143. The number of aliphatic imine (C=N–C) groups is 1. The van der Waals surface area contributed by atoms with E-state index < -0.39 is 65.4 Å². The molecule has 46 heavy (non-hydrogen) atoms. The van der Waals surface area contributed by atoms with E-state index in [0.29, 0.717) is 34.4 Å². The minimum absolute atomic E-state index is 0.205. The van der Waals surface area contributed by atoms with Crippen molar-refractivity contribution in [2.24, 2.45) is 10.9 Å². The van der Waals surface area contributed by atoms with Gasteiger partial charge in [0.1, 0.15) is 29.3 Å². The smallest absolute Gasteiger partial charge is 0.408 e. The van der Waals surface area contributed by atoms with E-state index in [4.69, 9.17) is 0 Å². The van der Waals surface area contributed by atoms with Gasteiger partial charge in [-0.2, -0.15) is 13.2 Å². The van der Waals surface area contributed by atoms with Gasteiger partial charge in [0.2, 0.25) is 0 Å². The summed E-state index contributed by atoms with van der Waals surface area (Å²) in [5.74, 6) is -6.43. The van der Waals surface area contributed by atoms with Crippen molar-refractivity contribution in [3.63, 3.8) is 0 Å². The van der Waals surface area contributed by atoms with Crippen molar-refractivity contribution in [1.29, 1.82) is 0 Å². The number of benzene rings is 1. The number of likely N-dealkylation sites (N-methyl/N-ethyl adjacent to an activating group) is 1. The molecule has 2 amide bonds. The number of hydrogen-bond donors (Lipinski definition) is 3. The van der Waals surface area contributed by atoms with Gasteiger partial charge in [0, 0.05) is 43.1 Å². The number of carbonyl (C=O) groups is 3. The highest BCUT2D eigenvalue weighted by Crippen LogP contribution is 2.39. The van der Waals surface area contributed by atoms with Gasteiger partial charge in [0.05, 0.1) is 6.04 Å². The first-order chi connectivity index (χ1) is 21.8. The highest BCUT2D eigenvalue weighted by Gasteiger charge is 2.39. The van der Waals surface area contributed by atoms with Crippen molar-refractivity contribution in [2.75, 3.05) is 12.4 Å². The Morgan fingerprint density at radius 1 is 1.07 bits per heavy atom. The Morgan fingerprint density at radius 3 is 2.43 bits per heavy atom. The average Bonchev–Trinajstić information content (AvgIpc) is 3.00. The van der Waals surface area contributed by atoms with Crippen molar-refractivity contribution in [3.8, 4) is 0 Å². The second-order valence-electron chi connectivity index (χ2n) is 11.1. The first-order valence-corrected chi connectivity index (χ1v) is 14.3. The Morgan fingerprint density at radius 2 is 1.78 bits per heavy atom. The Hall–Kier alpha value is -5.07. The number of fused-ring (bicyclic) bond motifs is 2. The van der Waals surface area contributed by atoms with E-state index in [1.165, 1.54) is 6.92 Å². The highest BCUT2D eigenvalue weighted by molar-refractivity contribution is 6.03. The zero-order valence-corrected chi connectivity index (χ0v) is 24.6. The third-order valence-electron chi connectivity index (χ3n) is 8.15. The van der Waals surface area contributed by atoms with Crippen LogP contribution < -0.4 is 10.6 Å². The number of carboxylic acids is 1. The normalized spacial score (nSPS) is 23.2. The van der Waals surface area contributed by atoms with E-state index >= 15 is 0 Å². The van der Waals surface area contributed by atoms with Crippen molar-refractivity contribution in [2.45, 2.75) is 44.1 Å². The van der Waals surface area contributed by atoms with Crippen LogP contribution in [-0.2, 0) is 9.59 Å². The van der Waals surface area contributed by atoms with Crippen LogP contribution in [-0.4, -0.2) is 65.4 Å². The molecule has 1 aromatic carbocycles. The highest BCUT2D eigenvalue weighted by atomic mass is 19.4. The fraction of sp³-hybridized carbons (Fsp3) is 0.273. The SMILES string of the molecule is CC[C@@H](Nc1cc(F)c(C(=O)N[C@@H](CC2=C3C=CC=CC3C(=C3C=C4C=NC=CC4N(C)C3=O)C=C2)C(=O)O)c(F)c1)C(F)(F)F. The second kappa shape index (κ2) is 12.7. The number of aliphatic carboxylic acids is 1. The largest absolute Gasteiger partial charge is 0.480 e. The molecule has 0 bridgehead atoms. The number of carbonyl (C=O) groups excluding carboxylic acids is 2. The standard InChI is InChI=1S/C33H29F5N4O4/c1-3-28(33(36,37)38)40-19-14-24(34)29(25(35)15-19)30(43)41-26(32(45)46)13-17-8-9-22(21-7-5-4-6-20(17)21)23-12-18-16-39-11-10-27(18)42(2)31(23)44/h4-12,14-16,21,26-28,40H,3,13H2,1-2H3,(H,41,43)(H,45,46)/t21?,26-,27?,28+/m0/s1. The maximum absolute atomic E-state index is 14.9. The molecule has 2 aliphatic carbocycles. The summed E-state index contributed by atoms with van der Waals surface area (Å²) in [4.78, 5) is 44.3. The van der Waals surface area contributed by atoms with Crippen LogP contribution >= 0.6 is 0 Å². The molecule has 3 N–H and O–H groups in total. The quantitative estimate of drug-likeness (QED) is 0.255. The number of alkyl halides is 3. The second-order valence-corrected chi connectivity index (χ2v) is 11.1. The van der Waals surface area contributed by atoms with E-state index in [2.05, 4.69) is 10.3 Å². The molecule has 0 saturated heterocycles. The molecule has 5 rings (SSSR count). The first-order valence-electron chi connectivity index (χ1n) is 14.3. The number of nitrogens with zero attached hydrogens (tertiary/aromatic N) is 2. The van der Waals surface area contributed by atoms with Crippen molar-refractivity contribution >= 4 is 29.7 Å². The van der Waals surface area contributed by atoms with Crippen molar-refractivity contribution in [1.82, 2.24) is 10.2 Å². The lowest BCUT2D eigenvalue weighted by Crippen LogP contribution is -2.43. The van der Waals surface area contributed by atoms with Crippen LogP contribution in [0, 0.1) is 17.6 Å². The predicted molar refractivity (Wildman–Crippen MR) is 161 cm³/mol. The molecule has 2 heterocycles. The first kappa shape index (κ1) is 32.3. The van der Waals surface area contributed by atoms with Gasteiger partial charge in [-0.05, 0) is 53.0 Å². The zero-order valence-electron chi connectivity index (χ0n) is 24.6. The summed E-state index contributed by atoms with van der Waals surface area (Å²) in [6, 6.07) is -2.85. The van der Waals surface area contributed by atoms with Crippen LogP contribution in [0.15, 0.2) is 99.8 Å². The molecule has 0 radical (unpaired) electrons. The molecule has 0 spiro atoms. The summed E-state index contributed by atoms with van der Waals surface area (Å²) >= 11 is 0. The van der Waals surface area contributed by atoms with Crippen molar-refractivity contribution in [3.05, 3.63) is 112 Å². The molecule has 2 aliphatic heterocycles. The van der Waals surface area contributed by atoms with Gasteiger partial charge >= 0.3 is 12.1 Å². The summed E-state index contributed by atoms with van der Waals surface area (Å²) in [6.07, 6.45) is 12.0. The number of hydrogen-bond acceptors (Lipinski definition) is 5. The van der Waals surface area contributed by atoms with Crippen LogP contribution in [0.4, 0.5) is 27.6 Å². The molecule has 4 atom stereocenters. The molecule has 240 valence electrons. The summed E-state index contributed by atoms with van der Waals surface area (Å²) in [7, 11) is 1.69. The predicted octanol–water partition coefficient (Wildman–Crippen LogP) is 5.56.